The summed E-state index contributed by atoms with van der Waals surface area (Å²) >= 11 is 0. The molecule has 2 amide bonds. The van der Waals surface area contributed by atoms with Crippen LogP contribution in [0.1, 0.15) is 38.0 Å². The molecule has 4 aromatic carbocycles. The molecule has 0 atom stereocenters. The number of hydrogen-bond donors (Lipinski definition) is 3. The second-order valence-electron chi connectivity index (χ2n) is 8.03. The standard InChI is InChI=1S/C29H25N3O4/c1-19(33)20-16-21(28(34)31-24-6-4-3-5-7-24)18-22(17-20)29(35)32-25-10-14-27(15-11-25)36-26-12-8-23(30-2)9-13-26/h3-18,30H,1-2H3,(H,31,34)(H,32,35). The van der Waals surface area contributed by atoms with E-state index in [4.69, 9.17) is 4.74 Å². The summed E-state index contributed by atoms with van der Waals surface area (Å²) in [5.41, 5.74) is 2.82. The highest BCUT2D eigenvalue weighted by Gasteiger charge is 2.15. The Morgan fingerprint density at radius 2 is 1.03 bits per heavy atom. The van der Waals surface area contributed by atoms with Gasteiger partial charge in [-0.2, -0.15) is 0 Å². The van der Waals surface area contributed by atoms with Gasteiger partial charge in [0.05, 0.1) is 0 Å². The quantitative estimate of drug-likeness (QED) is 0.260. The molecule has 36 heavy (non-hydrogen) atoms. The van der Waals surface area contributed by atoms with E-state index in [-0.39, 0.29) is 22.5 Å². The fourth-order valence-corrected chi connectivity index (χ4v) is 3.45. The Bertz CT molecular complexity index is 1380. The van der Waals surface area contributed by atoms with Gasteiger partial charge in [0, 0.05) is 40.8 Å². The third-order valence-corrected chi connectivity index (χ3v) is 5.39. The van der Waals surface area contributed by atoms with Gasteiger partial charge in [0.25, 0.3) is 11.8 Å². The zero-order valence-electron chi connectivity index (χ0n) is 19.9. The van der Waals surface area contributed by atoms with Crippen molar-refractivity contribution in [3.8, 4) is 11.5 Å². The maximum Gasteiger partial charge on any atom is 0.255 e. The van der Waals surface area contributed by atoms with Gasteiger partial charge in [0.2, 0.25) is 0 Å². The maximum absolute atomic E-state index is 13.0. The predicted octanol–water partition coefficient (Wildman–Crippen LogP) is 6.23. The van der Waals surface area contributed by atoms with Crippen molar-refractivity contribution >= 4 is 34.7 Å². The topological polar surface area (TPSA) is 96.5 Å². The number of ketones is 1. The lowest BCUT2D eigenvalue weighted by Crippen LogP contribution is -2.17. The molecule has 0 aliphatic carbocycles. The van der Waals surface area contributed by atoms with Gasteiger partial charge in [-0.1, -0.05) is 18.2 Å². The van der Waals surface area contributed by atoms with E-state index in [0.717, 1.165) is 5.69 Å². The summed E-state index contributed by atoms with van der Waals surface area (Å²) in [5, 5.41) is 8.62. The molecular formula is C29H25N3O4. The molecule has 0 saturated carbocycles. The van der Waals surface area contributed by atoms with Gasteiger partial charge in [-0.15, -0.1) is 0 Å². The second kappa shape index (κ2) is 11.0. The van der Waals surface area contributed by atoms with Crippen LogP contribution in [0.2, 0.25) is 0 Å². The molecule has 0 saturated heterocycles. The van der Waals surface area contributed by atoms with Crippen LogP contribution in [0.5, 0.6) is 11.5 Å². The van der Waals surface area contributed by atoms with Crippen LogP contribution in [0.4, 0.5) is 17.1 Å². The summed E-state index contributed by atoms with van der Waals surface area (Å²) < 4.78 is 5.83. The van der Waals surface area contributed by atoms with Gasteiger partial charge in [0.1, 0.15) is 11.5 Å². The van der Waals surface area contributed by atoms with E-state index in [2.05, 4.69) is 16.0 Å². The number of carbonyl (C=O) groups is 3. The Balaban J connectivity index is 1.48. The van der Waals surface area contributed by atoms with Crippen molar-refractivity contribution in [2.24, 2.45) is 0 Å². The van der Waals surface area contributed by atoms with Crippen molar-refractivity contribution in [3.05, 3.63) is 114 Å². The number of Topliss-reactive ketones (excluding diaryl/α,β-unsaturated/α-hetero) is 1. The molecule has 0 unspecified atom stereocenters. The SMILES string of the molecule is CNc1ccc(Oc2ccc(NC(=O)c3cc(C(C)=O)cc(C(=O)Nc4ccccc4)c3)cc2)cc1. The predicted molar refractivity (Wildman–Crippen MR) is 141 cm³/mol. The van der Waals surface area contributed by atoms with Gasteiger partial charge >= 0.3 is 0 Å². The summed E-state index contributed by atoms with van der Waals surface area (Å²) in [6.45, 7) is 1.39. The first kappa shape index (κ1) is 24.2. The molecule has 0 radical (unpaired) electrons. The minimum atomic E-state index is -0.441. The molecule has 4 rings (SSSR count). The van der Waals surface area contributed by atoms with Gasteiger partial charge in [-0.3, -0.25) is 14.4 Å². The van der Waals surface area contributed by atoms with E-state index in [0.29, 0.717) is 22.9 Å². The largest absolute Gasteiger partial charge is 0.457 e. The maximum atomic E-state index is 13.0. The Labute approximate surface area is 209 Å². The zero-order valence-corrected chi connectivity index (χ0v) is 19.9. The Morgan fingerprint density at radius 3 is 1.50 bits per heavy atom. The first-order valence-corrected chi connectivity index (χ1v) is 11.3. The Morgan fingerprint density at radius 1 is 0.583 bits per heavy atom. The lowest BCUT2D eigenvalue weighted by molar-refractivity contribution is 0.101. The molecule has 180 valence electrons. The minimum Gasteiger partial charge on any atom is -0.457 e. The average Bonchev–Trinajstić information content (AvgIpc) is 2.90. The number of carbonyl (C=O) groups excluding carboxylic acids is 3. The van der Waals surface area contributed by atoms with E-state index in [1.807, 2.05) is 37.4 Å². The monoisotopic (exact) mass is 479 g/mol. The van der Waals surface area contributed by atoms with Gasteiger partial charge in [-0.25, -0.2) is 0 Å². The molecule has 0 bridgehead atoms. The molecule has 0 fully saturated rings. The van der Waals surface area contributed by atoms with Crippen molar-refractivity contribution in [1.82, 2.24) is 0 Å². The second-order valence-corrected chi connectivity index (χ2v) is 8.03. The van der Waals surface area contributed by atoms with Crippen LogP contribution in [-0.4, -0.2) is 24.6 Å². The van der Waals surface area contributed by atoms with Crippen LogP contribution in [0.15, 0.2) is 97.1 Å². The van der Waals surface area contributed by atoms with E-state index in [9.17, 15) is 14.4 Å². The van der Waals surface area contributed by atoms with Crippen LogP contribution in [0, 0.1) is 0 Å². The minimum absolute atomic E-state index is 0.200. The number of rotatable bonds is 8. The first-order chi connectivity index (χ1) is 17.4. The highest BCUT2D eigenvalue weighted by molar-refractivity contribution is 6.11. The Kier molecular flexibility index (Phi) is 7.41. The van der Waals surface area contributed by atoms with Crippen LogP contribution in [0.25, 0.3) is 0 Å². The number of amides is 2. The smallest absolute Gasteiger partial charge is 0.255 e. The van der Waals surface area contributed by atoms with Crippen LogP contribution in [-0.2, 0) is 0 Å². The fraction of sp³-hybridized carbons (Fsp3) is 0.0690. The summed E-state index contributed by atoms with van der Waals surface area (Å²) in [4.78, 5) is 37.8. The van der Waals surface area contributed by atoms with E-state index < -0.39 is 11.8 Å². The highest BCUT2D eigenvalue weighted by atomic mass is 16.5. The number of para-hydroxylation sites is 1. The summed E-state index contributed by atoms with van der Waals surface area (Å²) in [5.74, 6) is 0.199. The van der Waals surface area contributed by atoms with E-state index >= 15 is 0 Å². The summed E-state index contributed by atoms with van der Waals surface area (Å²) in [7, 11) is 1.85. The summed E-state index contributed by atoms with van der Waals surface area (Å²) in [6.07, 6.45) is 0. The van der Waals surface area contributed by atoms with Crippen LogP contribution < -0.4 is 20.7 Å². The third kappa shape index (κ3) is 6.15. The van der Waals surface area contributed by atoms with Crippen molar-refractivity contribution in [2.75, 3.05) is 23.0 Å². The third-order valence-electron chi connectivity index (χ3n) is 5.39. The molecule has 7 heteroatoms. The van der Waals surface area contributed by atoms with Gasteiger partial charge in [-0.05, 0) is 85.8 Å². The number of nitrogens with one attached hydrogen (secondary N) is 3. The molecule has 3 N–H and O–H groups in total. The molecule has 0 aliphatic rings. The van der Waals surface area contributed by atoms with Crippen molar-refractivity contribution < 1.29 is 19.1 Å². The molecule has 0 spiro atoms. The number of hydrogen-bond acceptors (Lipinski definition) is 5. The number of ether oxygens (including phenoxy) is 1. The van der Waals surface area contributed by atoms with Crippen LogP contribution in [0.3, 0.4) is 0 Å². The molecule has 0 heterocycles. The highest BCUT2D eigenvalue weighted by Crippen LogP contribution is 2.25. The lowest BCUT2D eigenvalue weighted by Gasteiger charge is -2.11. The van der Waals surface area contributed by atoms with E-state index in [1.165, 1.54) is 25.1 Å². The normalized spacial score (nSPS) is 10.3. The van der Waals surface area contributed by atoms with Gasteiger partial charge in [0.15, 0.2) is 5.78 Å². The van der Waals surface area contributed by atoms with Crippen LogP contribution >= 0.6 is 0 Å². The molecular weight excluding hydrogens is 454 g/mol. The van der Waals surface area contributed by atoms with E-state index in [1.54, 1.807) is 48.5 Å². The fourth-order valence-electron chi connectivity index (χ4n) is 3.45. The zero-order chi connectivity index (χ0) is 25.5. The first-order valence-electron chi connectivity index (χ1n) is 11.3. The molecule has 0 aromatic heterocycles. The van der Waals surface area contributed by atoms with Gasteiger partial charge < -0.3 is 20.7 Å². The van der Waals surface area contributed by atoms with Crippen molar-refractivity contribution in [2.45, 2.75) is 6.92 Å². The Hall–Kier alpha value is -4.91. The summed E-state index contributed by atoms with van der Waals surface area (Å²) in [6, 6.07) is 27.8. The molecule has 7 nitrogen and oxygen atoms in total. The molecule has 4 aromatic rings. The average molecular weight is 480 g/mol. The number of anilines is 3. The van der Waals surface area contributed by atoms with Crippen molar-refractivity contribution in [3.63, 3.8) is 0 Å². The van der Waals surface area contributed by atoms with Crippen molar-refractivity contribution in [1.29, 1.82) is 0 Å². The number of benzene rings is 4. The lowest BCUT2D eigenvalue weighted by atomic mass is 10.0. The molecule has 0 aliphatic heterocycles.